The number of para-hydroxylation sites is 1. The number of methoxy groups -OCH3 is 1. The molecule has 2 aromatic heterocycles. The fourth-order valence-corrected chi connectivity index (χ4v) is 4.38. The maximum absolute atomic E-state index is 13.2. The number of carbonyl (C=O) groups excluding carboxylic acids is 3. The molecule has 13 heteroatoms. The van der Waals surface area contributed by atoms with E-state index in [9.17, 15) is 14.4 Å². The molecule has 0 unspecified atom stereocenters. The lowest BCUT2D eigenvalue weighted by Gasteiger charge is -2.27. The summed E-state index contributed by atoms with van der Waals surface area (Å²) in [6.45, 7) is -0.114. The van der Waals surface area contributed by atoms with Gasteiger partial charge in [0, 0.05) is 61.9 Å². The zero-order valence-corrected chi connectivity index (χ0v) is 21.6. The molecule has 4 N–H and O–H groups in total. The number of rotatable bonds is 8. The molecule has 1 aromatic carbocycles. The van der Waals surface area contributed by atoms with Crippen LogP contribution in [0.25, 0.3) is 11.3 Å². The van der Waals surface area contributed by atoms with Crippen LogP contribution in [-0.2, 0) is 11.8 Å². The number of aryl methyl sites for hydroxylation is 1. The van der Waals surface area contributed by atoms with Gasteiger partial charge in [0.1, 0.15) is 5.69 Å². The van der Waals surface area contributed by atoms with Crippen LogP contribution in [0.1, 0.15) is 37.9 Å². The minimum atomic E-state index is -2.76. The Balaban J connectivity index is 1.48. The van der Waals surface area contributed by atoms with Crippen LogP contribution in [0.3, 0.4) is 0 Å². The van der Waals surface area contributed by atoms with Crippen molar-refractivity contribution in [3.63, 3.8) is 0 Å². The molecule has 3 aromatic rings. The average molecular weight is 537 g/mol. The fraction of sp³-hybridized carbons (Fsp3) is 0.385. The van der Waals surface area contributed by atoms with E-state index in [1.807, 2.05) is 5.32 Å². The number of nitrogens with zero attached hydrogens (tertiary/aromatic N) is 5. The normalized spacial score (nSPS) is 16.5. The monoisotopic (exact) mass is 536 g/mol. The Morgan fingerprint density at radius 2 is 1.92 bits per heavy atom. The van der Waals surface area contributed by atoms with E-state index < -0.39 is 12.9 Å². The summed E-state index contributed by atoms with van der Waals surface area (Å²) in [4.78, 5) is 40.1. The van der Waals surface area contributed by atoms with Crippen LogP contribution in [-0.4, -0.2) is 82.9 Å². The van der Waals surface area contributed by atoms with Crippen LogP contribution in [0.2, 0.25) is 0 Å². The summed E-state index contributed by atoms with van der Waals surface area (Å²) in [7, 11) is 3.16. The minimum absolute atomic E-state index is 0.0869. The zero-order valence-electron chi connectivity index (χ0n) is 24.6. The molecule has 0 bridgehead atoms. The highest BCUT2D eigenvalue weighted by atomic mass is 16.5. The molecule has 204 valence electrons. The minimum Gasteiger partial charge on any atom is -0.494 e. The van der Waals surface area contributed by atoms with E-state index in [1.54, 1.807) is 36.2 Å². The Morgan fingerprint density at radius 3 is 2.64 bits per heavy atom. The van der Waals surface area contributed by atoms with Crippen LogP contribution in [0.15, 0.2) is 30.3 Å². The van der Waals surface area contributed by atoms with Gasteiger partial charge in [-0.15, -0.1) is 10.2 Å². The van der Waals surface area contributed by atoms with Crippen molar-refractivity contribution in [2.24, 2.45) is 13.0 Å². The number of anilines is 3. The third-order valence-corrected chi connectivity index (χ3v) is 6.59. The summed E-state index contributed by atoms with van der Waals surface area (Å²) in [5.41, 5.74) is 1.65. The molecular formula is C26H31N9O4. The predicted octanol–water partition coefficient (Wildman–Crippen LogP) is 1.38. The lowest BCUT2D eigenvalue weighted by atomic mass is 10.1. The van der Waals surface area contributed by atoms with Gasteiger partial charge in [-0.1, -0.05) is 6.07 Å². The molecule has 2 aliphatic rings. The second-order valence-corrected chi connectivity index (χ2v) is 9.30. The van der Waals surface area contributed by atoms with Crippen LogP contribution in [0.4, 0.5) is 17.2 Å². The second kappa shape index (κ2) is 11.1. The van der Waals surface area contributed by atoms with Gasteiger partial charge in [0.2, 0.25) is 5.91 Å². The number of benzene rings is 1. The highest BCUT2D eigenvalue weighted by Gasteiger charge is 2.30. The third kappa shape index (κ3) is 5.53. The lowest BCUT2D eigenvalue weighted by molar-refractivity contribution is -0.117. The molecule has 3 heterocycles. The van der Waals surface area contributed by atoms with Crippen molar-refractivity contribution in [2.75, 3.05) is 50.9 Å². The van der Waals surface area contributed by atoms with Crippen molar-refractivity contribution < 1.29 is 23.2 Å². The van der Waals surface area contributed by atoms with E-state index >= 15 is 0 Å². The Kier molecular flexibility index (Phi) is 6.38. The van der Waals surface area contributed by atoms with Crippen LogP contribution >= 0.6 is 0 Å². The molecule has 0 atom stereocenters. The fourth-order valence-electron chi connectivity index (χ4n) is 4.38. The molecule has 1 aliphatic carbocycles. The average Bonchev–Trinajstić information content (AvgIpc) is 3.74. The van der Waals surface area contributed by atoms with E-state index in [2.05, 4.69) is 31.2 Å². The number of carbonyl (C=O) groups is 3. The van der Waals surface area contributed by atoms with Gasteiger partial charge in [-0.2, -0.15) is 5.10 Å². The van der Waals surface area contributed by atoms with E-state index in [-0.39, 0.29) is 34.9 Å². The number of piperazine rings is 1. The standard InChI is InChI=1S/C26H31N9O4/c1-27-25(37)22-19(14-21(31-32-22)30-24(36)15-7-8-15)29-17-6-4-5-16(23(17)39-3)18-13-20(34(2)33-18)26(38)35-11-9-28-10-12-35/h4-6,13-15,28H,7-12H2,1-3H3,(H,27,37)(H2,29,30,31,36)/i1D3. The Morgan fingerprint density at radius 1 is 1.13 bits per heavy atom. The van der Waals surface area contributed by atoms with E-state index in [0.717, 1.165) is 25.9 Å². The van der Waals surface area contributed by atoms with Crippen molar-refractivity contribution in [3.05, 3.63) is 41.7 Å². The largest absolute Gasteiger partial charge is 0.494 e. The first-order valence-corrected chi connectivity index (χ1v) is 12.5. The van der Waals surface area contributed by atoms with Crippen molar-refractivity contribution in [1.29, 1.82) is 0 Å². The first-order chi connectivity index (χ1) is 20.0. The number of ether oxygens (including phenoxy) is 1. The number of aromatic nitrogens is 4. The van der Waals surface area contributed by atoms with Gasteiger partial charge in [-0.25, -0.2) is 0 Å². The summed E-state index contributed by atoms with van der Waals surface area (Å²) in [6.07, 6.45) is 1.56. The molecule has 5 rings (SSSR count). The lowest BCUT2D eigenvalue weighted by Crippen LogP contribution is -2.46. The smallest absolute Gasteiger partial charge is 0.273 e. The predicted molar refractivity (Wildman–Crippen MR) is 144 cm³/mol. The number of hydrogen-bond acceptors (Lipinski definition) is 9. The van der Waals surface area contributed by atoms with E-state index in [0.29, 0.717) is 41.5 Å². The van der Waals surface area contributed by atoms with Crippen LogP contribution in [0.5, 0.6) is 5.75 Å². The van der Waals surface area contributed by atoms with E-state index in [1.165, 1.54) is 17.9 Å². The summed E-state index contributed by atoms with van der Waals surface area (Å²) in [5, 5.41) is 23.3. The maximum atomic E-state index is 13.2. The Bertz CT molecular complexity index is 1520. The highest BCUT2D eigenvalue weighted by molar-refractivity contribution is 6.00. The number of amides is 3. The zero-order chi connectivity index (χ0) is 30.0. The molecule has 1 saturated heterocycles. The highest BCUT2D eigenvalue weighted by Crippen LogP contribution is 2.38. The van der Waals surface area contributed by atoms with Gasteiger partial charge >= 0.3 is 0 Å². The number of hydrogen-bond donors (Lipinski definition) is 4. The topological polar surface area (TPSA) is 155 Å². The summed E-state index contributed by atoms with van der Waals surface area (Å²) in [5.74, 6) is -0.980. The van der Waals surface area contributed by atoms with Crippen LogP contribution in [0, 0.1) is 5.92 Å². The van der Waals surface area contributed by atoms with Gasteiger partial charge in [-0.3, -0.25) is 19.1 Å². The molecule has 2 fully saturated rings. The SMILES string of the molecule is [2H]C([2H])([2H])NC(=O)c1nnc(NC(=O)C2CC2)cc1Nc1cccc(-c2cc(C(=O)N3CCNCC3)n(C)n2)c1OC. The van der Waals surface area contributed by atoms with Gasteiger partial charge in [0.25, 0.3) is 11.8 Å². The molecule has 13 nitrogen and oxygen atoms in total. The molecule has 0 radical (unpaired) electrons. The Labute approximate surface area is 229 Å². The summed E-state index contributed by atoms with van der Waals surface area (Å²) in [6, 6.07) is 8.30. The molecular weight excluding hydrogens is 502 g/mol. The second-order valence-electron chi connectivity index (χ2n) is 9.30. The first kappa shape index (κ1) is 22.5. The Hall–Kier alpha value is -4.52. The van der Waals surface area contributed by atoms with Gasteiger partial charge in [0.05, 0.1) is 24.2 Å². The van der Waals surface area contributed by atoms with Crippen LogP contribution < -0.4 is 26.0 Å². The first-order valence-electron chi connectivity index (χ1n) is 14.0. The molecule has 1 aliphatic heterocycles. The molecule has 3 amide bonds. The van der Waals surface area contributed by atoms with Gasteiger partial charge < -0.3 is 30.9 Å². The van der Waals surface area contributed by atoms with Gasteiger partial charge in [-0.05, 0) is 31.0 Å². The van der Waals surface area contributed by atoms with Crippen molar-refractivity contribution >= 4 is 34.9 Å². The molecule has 39 heavy (non-hydrogen) atoms. The molecule has 1 saturated carbocycles. The van der Waals surface area contributed by atoms with Gasteiger partial charge in [0.15, 0.2) is 17.3 Å². The quantitative estimate of drug-likeness (QED) is 0.334. The number of nitrogens with one attached hydrogen (secondary N) is 4. The summed E-state index contributed by atoms with van der Waals surface area (Å²) < 4.78 is 29.5. The maximum Gasteiger partial charge on any atom is 0.273 e. The van der Waals surface area contributed by atoms with Crippen molar-refractivity contribution in [1.82, 2.24) is 35.5 Å². The van der Waals surface area contributed by atoms with Crippen molar-refractivity contribution in [2.45, 2.75) is 12.8 Å². The third-order valence-electron chi connectivity index (χ3n) is 6.59. The summed E-state index contributed by atoms with van der Waals surface area (Å²) >= 11 is 0. The van der Waals surface area contributed by atoms with E-state index in [4.69, 9.17) is 8.85 Å². The van der Waals surface area contributed by atoms with Crippen molar-refractivity contribution in [3.8, 4) is 17.0 Å². The molecule has 0 spiro atoms.